The topological polar surface area (TPSA) is 92.7 Å². The van der Waals surface area contributed by atoms with Gasteiger partial charge in [0, 0.05) is 4.75 Å². The third-order valence-electron chi connectivity index (χ3n) is 3.11. The van der Waals surface area contributed by atoms with Crippen molar-refractivity contribution in [1.82, 2.24) is 4.72 Å². The van der Waals surface area contributed by atoms with Crippen molar-refractivity contribution >= 4 is 27.8 Å². The van der Waals surface area contributed by atoms with E-state index in [-0.39, 0.29) is 4.90 Å². The molecule has 0 bridgehead atoms. The van der Waals surface area contributed by atoms with E-state index in [1.54, 1.807) is 20.1 Å². The fraction of sp³-hybridized carbons (Fsp3) is 0.462. The minimum absolute atomic E-state index is 0.00791. The van der Waals surface area contributed by atoms with Crippen molar-refractivity contribution in [3.63, 3.8) is 0 Å². The Morgan fingerprint density at radius 3 is 2.24 bits per heavy atom. The Morgan fingerprint density at radius 1 is 1.33 bits per heavy atom. The van der Waals surface area contributed by atoms with Crippen molar-refractivity contribution in [3.05, 3.63) is 24.3 Å². The molecule has 1 aromatic carbocycles. The minimum Gasteiger partial charge on any atom is -0.497 e. The van der Waals surface area contributed by atoms with Gasteiger partial charge in [0.1, 0.15) is 11.8 Å². The quantitative estimate of drug-likeness (QED) is 0.787. The number of ether oxygens (including phenoxy) is 1. The number of thioether (sulfide) groups is 1. The van der Waals surface area contributed by atoms with Crippen LogP contribution in [0.4, 0.5) is 0 Å². The van der Waals surface area contributed by atoms with Crippen LogP contribution in [0.2, 0.25) is 0 Å². The van der Waals surface area contributed by atoms with Gasteiger partial charge < -0.3 is 9.84 Å². The molecule has 118 valence electrons. The zero-order valence-corrected chi connectivity index (χ0v) is 13.9. The van der Waals surface area contributed by atoms with Crippen molar-refractivity contribution in [2.75, 3.05) is 13.4 Å². The van der Waals surface area contributed by atoms with Crippen LogP contribution in [0.25, 0.3) is 0 Å². The van der Waals surface area contributed by atoms with E-state index in [1.807, 2.05) is 0 Å². The molecule has 0 fully saturated rings. The van der Waals surface area contributed by atoms with Gasteiger partial charge in [0.25, 0.3) is 0 Å². The number of carbonyl (C=O) groups is 1. The van der Waals surface area contributed by atoms with E-state index < -0.39 is 26.8 Å². The maximum absolute atomic E-state index is 12.3. The first kappa shape index (κ1) is 17.8. The van der Waals surface area contributed by atoms with Gasteiger partial charge in [0.15, 0.2) is 0 Å². The van der Waals surface area contributed by atoms with Crippen LogP contribution in [0.5, 0.6) is 5.75 Å². The Balaban J connectivity index is 3.09. The SMILES string of the molecule is COc1ccc(S(=O)(=O)NC(C(=O)O)C(C)(C)SC)cc1. The number of hydrogen-bond acceptors (Lipinski definition) is 5. The van der Waals surface area contributed by atoms with Gasteiger partial charge >= 0.3 is 5.97 Å². The summed E-state index contributed by atoms with van der Waals surface area (Å²) >= 11 is 1.28. The first-order chi connectivity index (χ1) is 9.64. The average molecular weight is 333 g/mol. The lowest BCUT2D eigenvalue weighted by molar-refractivity contribution is -0.139. The third kappa shape index (κ3) is 4.36. The zero-order chi connectivity index (χ0) is 16.3. The number of aliphatic carboxylic acids is 1. The maximum Gasteiger partial charge on any atom is 0.323 e. The number of carboxylic acids is 1. The number of hydrogen-bond donors (Lipinski definition) is 2. The summed E-state index contributed by atoms with van der Waals surface area (Å²) in [5.41, 5.74) is 0. The van der Waals surface area contributed by atoms with Crippen LogP contribution >= 0.6 is 11.8 Å². The molecule has 1 unspecified atom stereocenters. The van der Waals surface area contributed by atoms with Crippen LogP contribution in [-0.4, -0.2) is 43.6 Å². The summed E-state index contributed by atoms with van der Waals surface area (Å²) in [7, 11) is -2.45. The van der Waals surface area contributed by atoms with E-state index in [0.29, 0.717) is 5.75 Å². The number of carboxylic acid groups (broad SMARTS) is 1. The molecule has 8 heteroatoms. The molecule has 0 saturated heterocycles. The maximum atomic E-state index is 12.3. The molecule has 1 aromatic rings. The van der Waals surface area contributed by atoms with E-state index >= 15 is 0 Å². The zero-order valence-electron chi connectivity index (χ0n) is 12.3. The summed E-state index contributed by atoms with van der Waals surface area (Å²) in [5, 5.41) is 9.27. The molecular formula is C13H19NO5S2. The Hall–Kier alpha value is -1.25. The third-order valence-corrected chi connectivity index (χ3v) is 5.84. The Morgan fingerprint density at radius 2 is 1.86 bits per heavy atom. The summed E-state index contributed by atoms with van der Waals surface area (Å²) in [6, 6.07) is 4.51. The van der Waals surface area contributed by atoms with Crippen LogP contribution < -0.4 is 9.46 Å². The van der Waals surface area contributed by atoms with Crippen LogP contribution in [0.1, 0.15) is 13.8 Å². The molecule has 1 rings (SSSR count). The predicted octanol–water partition coefficient (Wildman–Crippen LogP) is 1.57. The Bertz CT molecular complexity index is 595. The lowest BCUT2D eigenvalue weighted by Gasteiger charge is -2.29. The Labute approximate surface area is 128 Å². The van der Waals surface area contributed by atoms with Gasteiger partial charge in [-0.25, -0.2) is 8.42 Å². The van der Waals surface area contributed by atoms with Gasteiger partial charge in [0.05, 0.1) is 12.0 Å². The van der Waals surface area contributed by atoms with E-state index in [2.05, 4.69) is 4.72 Å². The molecular weight excluding hydrogens is 314 g/mol. The molecule has 21 heavy (non-hydrogen) atoms. The summed E-state index contributed by atoms with van der Waals surface area (Å²) in [5.74, 6) is -0.695. The monoisotopic (exact) mass is 333 g/mol. The molecule has 6 nitrogen and oxygen atoms in total. The van der Waals surface area contributed by atoms with Gasteiger partial charge in [-0.2, -0.15) is 16.5 Å². The van der Waals surface area contributed by atoms with Crippen molar-refractivity contribution in [2.45, 2.75) is 29.5 Å². The summed E-state index contributed by atoms with van der Waals surface area (Å²) in [6.45, 7) is 3.35. The largest absolute Gasteiger partial charge is 0.497 e. The fourth-order valence-electron chi connectivity index (χ4n) is 1.59. The van der Waals surface area contributed by atoms with Crippen molar-refractivity contribution in [3.8, 4) is 5.75 Å². The summed E-state index contributed by atoms with van der Waals surface area (Å²) < 4.78 is 31.0. The second-order valence-electron chi connectivity index (χ2n) is 4.88. The molecule has 0 heterocycles. The molecule has 0 spiro atoms. The lowest BCUT2D eigenvalue weighted by atomic mass is 10.1. The standard InChI is InChI=1S/C13H19NO5S2/c1-13(2,20-4)11(12(15)16)14-21(17,18)10-7-5-9(19-3)6-8-10/h5-8,11,14H,1-4H3,(H,15,16). The predicted molar refractivity (Wildman–Crippen MR) is 82.3 cm³/mol. The minimum atomic E-state index is -3.92. The van der Waals surface area contributed by atoms with Gasteiger partial charge in [-0.15, -0.1) is 0 Å². The smallest absolute Gasteiger partial charge is 0.323 e. The number of methoxy groups -OCH3 is 1. The summed E-state index contributed by atoms with van der Waals surface area (Å²) in [4.78, 5) is 11.3. The van der Waals surface area contributed by atoms with Gasteiger partial charge in [0.2, 0.25) is 10.0 Å². The van der Waals surface area contributed by atoms with Crippen LogP contribution in [0, 0.1) is 0 Å². The second kappa shape index (κ2) is 6.67. The lowest BCUT2D eigenvalue weighted by Crippen LogP contribution is -2.52. The highest BCUT2D eigenvalue weighted by atomic mass is 32.2. The molecule has 0 aliphatic heterocycles. The van der Waals surface area contributed by atoms with Crippen molar-refractivity contribution in [2.24, 2.45) is 0 Å². The molecule has 0 saturated carbocycles. The molecule has 0 amide bonds. The highest BCUT2D eigenvalue weighted by Gasteiger charge is 2.38. The van der Waals surface area contributed by atoms with Gasteiger partial charge in [-0.1, -0.05) is 0 Å². The number of benzene rings is 1. The Kier molecular flexibility index (Phi) is 5.66. The molecule has 0 aromatic heterocycles. The second-order valence-corrected chi connectivity index (χ2v) is 8.05. The first-order valence-corrected chi connectivity index (χ1v) is 8.79. The number of nitrogens with one attached hydrogen (secondary N) is 1. The molecule has 2 N–H and O–H groups in total. The molecule has 1 atom stereocenters. The number of sulfonamides is 1. The van der Waals surface area contributed by atoms with Crippen LogP contribution in [0.15, 0.2) is 29.2 Å². The van der Waals surface area contributed by atoms with Gasteiger partial charge in [-0.05, 0) is 44.4 Å². The molecule has 0 aliphatic rings. The van der Waals surface area contributed by atoms with Crippen molar-refractivity contribution < 1.29 is 23.1 Å². The van der Waals surface area contributed by atoms with Crippen LogP contribution in [-0.2, 0) is 14.8 Å². The normalized spacial score (nSPS) is 13.7. The number of rotatable bonds is 7. The van der Waals surface area contributed by atoms with Gasteiger partial charge in [-0.3, -0.25) is 4.79 Å². The van der Waals surface area contributed by atoms with Crippen molar-refractivity contribution in [1.29, 1.82) is 0 Å². The summed E-state index contributed by atoms with van der Waals surface area (Å²) in [6.07, 6.45) is 1.73. The van der Waals surface area contributed by atoms with E-state index in [1.165, 1.54) is 43.1 Å². The van der Waals surface area contributed by atoms with Crippen LogP contribution in [0.3, 0.4) is 0 Å². The highest BCUT2D eigenvalue weighted by Crippen LogP contribution is 2.27. The van der Waals surface area contributed by atoms with E-state index in [0.717, 1.165) is 0 Å². The fourth-order valence-corrected chi connectivity index (χ4v) is 3.39. The first-order valence-electron chi connectivity index (χ1n) is 6.08. The highest BCUT2D eigenvalue weighted by molar-refractivity contribution is 8.00. The average Bonchev–Trinajstić information content (AvgIpc) is 2.44. The van der Waals surface area contributed by atoms with E-state index in [4.69, 9.17) is 4.74 Å². The van der Waals surface area contributed by atoms with E-state index in [9.17, 15) is 18.3 Å². The molecule has 0 radical (unpaired) electrons. The molecule has 0 aliphatic carbocycles.